The number of benzene rings is 2. The molecular weight excluding hydrogens is 395 g/mol. The number of hydrogen-bond acceptors (Lipinski definition) is 5. The van der Waals surface area contributed by atoms with E-state index in [-0.39, 0.29) is 17.8 Å². The molecule has 1 heterocycles. The average molecular weight is 425 g/mol. The Morgan fingerprint density at radius 3 is 2.61 bits per heavy atom. The van der Waals surface area contributed by atoms with Gasteiger partial charge in [0.05, 0.1) is 17.7 Å². The minimum atomic E-state index is -0.762. The van der Waals surface area contributed by atoms with Gasteiger partial charge in [0.15, 0.2) is 6.10 Å². The Hall–Kier alpha value is -3.11. The van der Waals surface area contributed by atoms with Crippen molar-refractivity contribution in [3.8, 4) is 11.8 Å². The van der Waals surface area contributed by atoms with Crippen LogP contribution in [0.15, 0.2) is 42.5 Å². The summed E-state index contributed by atoms with van der Waals surface area (Å²) >= 11 is 0. The fraction of sp³-hybridized carbons (Fsp3) is 0.417. The summed E-state index contributed by atoms with van der Waals surface area (Å²) in [6.07, 6.45) is -0.762. The van der Waals surface area contributed by atoms with Crippen LogP contribution in [0.3, 0.4) is 0 Å². The van der Waals surface area contributed by atoms with E-state index in [0.29, 0.717) is 11.3 Å². The molecule has 1 aliphatic heterocycles. The Morgan fingerprint density at radius 1 is 1.19 bits per heavy atom. The molecule has 2 unspecified atom stereocenters. The molecule has 0 aromatic heterocycles. The lowest BCUT2D eigenvalue weighted by atomic mass is 10.0. The molecule has 0 bridgehead atoms. The van der Waals surface area contributed by atoms with Crippen molar-refractivity contribution in [2.24, 2.45) is 0 Å². The van der Waals surface area contributed by atoms with Gasteiger partial charge in [0, 0.05) is 37.4 Å². The number of anilines is 1. The van der Waals surface area contributed by atoms with Crippen LogP contribution >= 0.6 is 0 Å². The second-order valence-electron chi connectivity index (χ2n) is 7.75. The second kappa shape index (κ2) is 10.3. The number of nitrogens with one attached hydrogen (secondary N) is 1. The fourth-order valence-electron chi connectivity index (χ4n) is 3.77. The molecule has 1 N–H and O–H groups in total. The summed E-state index contributed by atoms with van der Waals surface area (Å²) in [4.78, 5) is 17.4. The highest BCUT2D eigenvalue weighted by Gasteiger charge is 2.23. The van der Waals surface area contributed by atoms with Gasteiger partial charge in [-0.25, -0.2) is 4.39 Å². The Morgan fingerprint density at radius 2 is 1.94 bits per heavy atom. The van der Waals surface area contributed by atoms with E-state index < -0.39 is 6.10 Å². The number of piperazine rings is 1. The number of carbonyl (C=O) groups is 1. The van der Waals surface area contributed by atoms with E-state index in [1.54, 1.807) is 37.3 Å². The van der Waals surface area contributed by atoms with Crippen molar-refractivity contribution in [3.63, 3.8) is 0 Å². The first-order valence-corrected chi connectivity index (χ1v) is 10.6. The minimum absolute atomic E-state index is 0.305. The highest BCUT2D eigenvalue weighted by Crippen LogP contribution is 2.28. The molecule has 0 spiro atoms. The summed E-state index contributed by atoms with van der Waals surface area (Å²) < 4.78 is 19.8. The van der Waals surface area contributed by atoms with Gasteiger partial charge < -0.3 is 19.9 Å². The molecule has 3 rings (SSSR count). The molecule has 31 heavy (non-hydrogen) atoms. The summed E-state index contributed by atoms with van der Waals surface area (Å²) in [6.45, 7) is 10.3. The Kier molecular flexibility index (Phi) is 7.48. The van der Waals surface area contributed by atoms with Gasteiger partial charge in [-0.1, -0.05) is 13.0 Å². The smallest absolute Gasteiger partial charge is 0.261 e. The van der Waals surface area contributed by atoms with Crippen LogP contribution in [-0.2, 0) is 4.79 Å². The molecule has 6 nitrogen and oxygen atoms in total. The van der Waals surface area contributed by atoms with Gasteiger partial charge in [-0.15, -0.1) is 0 Å². The third kappa shape index (κ3) is 5.74. The standard InChI is InChI=1S/C24H29FN4O2/c1-4-28-10-12-29(13-11-28)23-9-8-20(25)15-22(23)17(2)27-24(30)18(3)31-21-7-5-6-19(14-21)16-26/h5-9,14-15,17-18H,4,10-13H2,1-3H3,(H,27,30). The van der Waals surface area contributed by atoms with Gasteiger partial charge in [0.2, 0.25) is 0 Å². The van der Waals surface area contributed by atoms with Crippen LogP contribution in [-0.4, -0.2) is 49.6 Å². The summed E-state index contributed by atoms with van der Waals surface area (Å²) in [5, 5.41) is 12.0. The molecule has 2 atom stereocenters. The SMILES string of the molecule is CCN1CCN(c2ccc(F)cc2C(C)NC(=O)C(C)Oc2cccc(C#N)c2)CC1. The van der Waals surface area contributed by atoms with Crippen molar-refractivity contribution in [2.75, 3.05) is 37.6 Å². The highest BCUT2D eigenvalue weighted by molar-refractivity contribution is 5.81. The quantitative estimate of drug-likeness (QED) is 0.737. The largest absolute Gasteiger partial charge is 0.481 e. The first kappa shape index (κ1) is 22.6. The summed E-state index contributed by atoms with van der Waals surface area (Å²) in [6, 6.07) is 13.1. The van der Waals surface area contributed by atoms with E-state index >= 15 is 0 Å². The maximum atomic E-state index is 14.1. The zero-order valence-corrected chi connectivity index (χ0v) is 18.3. The monoisotopic (exact) mass is 424 g/mol. The molecule has 1 saturated heterocycles. The molecule has 7 heteroatoms. The van der Waals surface area contributed by atoms with E-state index in [1.165, 1.54) is 12.1 Å². The molecular formula is C24H29FN4O2. The number of likely N-dealkylation sites (N-methyl/N-ethyl adjacent to an activating group) is 1. The number of nitrogens with zero attached hydrogens (tertiary/aromatic N) is 3. The molecule has 0 aliphatic carbocycles. The second-order valence-corrected chi connectivity index (χ2v) is 7.75. The predicted molar refractivity (Wildman–Crippen MR) is 119 cm³/mol. The molecule has 1 amide bonds. The van der Waals surface area contributed by atoms with Crippen LogP contribution in [0.5, 0.6) is 5.75 Å². The van der Waals surface area contributed by atoms with Crippen LogP contribution in [0.25, 0.3) is 0 Å². The number of rotatable bonds is 7. The van der Waals surface area contributed by atoms with E-state index in [4.69, 9.17) is 10.00 Å². The Labute approximate surface area is 183 Å². The first-order valence-electron chi connectivity index (χ1n) is 10.6. The van der Waals surface area contributed by atoms with E-state index in [0.717, 1.165) is 44.0 Å². The number of nitriles is 1. The van der Waals surface area contributed by atoms with Gasteiger partial charge in [0.1, 0.15) is 11.6 Å². The van der Waals surface area contributed by atoms with Crippen LogP contribution in [0.2, 0.25) is 0 Å². The number of halogens is 1. The fourth-order valence-corrected chi connectivity index (χ4v) is 3.77. The molecule has 2 aromatic rings. The van der Waals surface area contributed by atoms with Gasteiger partial charge in [0.25, 0.3) is 5.91 Å². The maximum absolute atomic E-state index is 14.1. The lowest BCUT2D eigenvalue weighted by Gasteiger charge is -2.37. The number of amides is 1. The van der Waals surface area contributed by atoms with E-state index in [2.05, 4.69) is 22.0 Å². The topological polar surface area (TPSA) is 68.6 Å². The Bertz CT molecular complexity index is 951. The predicted octanol–water partition coefficient (Wildman–Crippen LogP) is 3.48. The third-order valence-electron chi connectivity index (χ3n) is 5.62. The zero-order chi connectivity index (χ0) is 22.4. The van der Waals surface area contributed by atoms with Crippen molar-refractivity contribution >= 4 is 11.6 Å². The minimum Gasteiger partial charge on any atom is -0.481 e. The van der Waals surface area contributed by atoms with Crippen molar-refractivity contribution in [1.29, 1.82) is 5.26 Å². The molecule has 2 aromatic carbocycles. The number of ether oxygens (including phenoxy) is 1. The number of hydrogen-bond donors (Lipinski definition) is 1. The highest BCUT2D eigenvalue weighted by atomic mass is 19.1. The van der Waals surface area contributed by atoms with Crippen molar-refractivity contribution < 1.29 is 13.9 Å². The Balaban J connectivity index is 1.69. The van der Waals surface area contributed by atoms with Crippen molar-refractivity contribution in [2.45, 2.75) is 32.9 Å². The van der Waals surface area contributed by atoms with Crippen LogP contribution in [0.1, 0.15) is 37.9 Å². The lowest BCUT2D eigenvalue weighted by Crippen LogP contribution is -2.46. The van der Waals surface area contributed by atoms with E-state index in [1.807, 2.05) is 13.0 Å². The van der Waals surface area contributed by atoms with Gasteiger partial charge >= 0.3 is 0 Å². The molecule has 164 valence electrons. The molecule has 0 saturated carbocycles. The third-order valence-corrected chi connectivity index (χ3v) is 5.62. The van der Waals surface area contributed by atoms with Gasteiger partial charge in [-0.3, -0.25) is 4.79 Å². The molecule has 1 aliphatic rings. The lowest BCUT2D eigenvalue weighted by molar-refractivity contribution is -0.127. The number of carbonyl (C=O) groups excluding carboxylic acids is 1. The summed E-state index contributed by atoms with van der Waals surface area (Å²) in [5.41, 5.74) is 2.16. The van der Waals surface area contributed by atoms with Crippen LogP contribution in [0, 0.1) is 17.1 Å². The van der Waals surface area contributed by atoms with Gasteiger partial charge in [-0.2, -0.15) is 5.26 Å². The summed E-state index contributed by atoms with van der Waals surface area (Å²) in [5.74, 6) is -0.180. The summed E-state index contributed by atoms with van der Waals surface area (Å²) in [7, 11) is 0. The van der Waals surface area contributed by atoms with Crippen molar-refractivity contribution in [3.05, 3.63) is 59.4 Å². The normalized spacial score (nSPS) is 16.3. The molecule has 1 fully saturated rings. The van der Waals surface area contributed by atoms with Crippen molar-refractivity contribution in [1.82, 2.24) is 10.2 Å². The zero-order valence-electron chi connectivity index (χ0n) is 18.3. The van der Waals surface area contributed by atoms with Gasteiger partial charge in [-0.05, 0) is 56.8 Å². The van der Waals surface area contributed by atoms with Crippen LogP contribution in [0.4, 0.5) is 10.1 Å². The maximum Gasteiger partial charge on any atom is 0.261 e. The van der Waals surface area contributed by atoms with Crippen LogP contribution < -0.4 is 15.0 Å². The first-order chi connectivity index (χ1) is 14.9. The average Bonchev–Trinajstić information content (AvgIpc) is 2.79. The van der Waals surface area contributed by atoms with E-state index in [9.17, 15) is 9.18 Å². The molecule has 0 radical (unpaired) electrons.